The fraction of sp³-hybridized carbons (Fsp3) is 0.200. The van der Waals surface area contributed by atoms with Crippen LogP contribution in [-0.4, -0.2) is 59.0 Å². The van der Waals surface area contributed by atoms with Crippen LogP contribution in [0.4, 0.5) is 0 Å². The van der Waals surface area contributed by atoms with Crippen LogP contribution in [0.15, 0.2) is 64.3 Å². The molecule has 11 nitrogen and oxygen atoms in total. The zero-order chi connectivity index (χ0) is 26.9. The summed E-state index contributed by atoms with van der Waals surface area (Å²) >= 11 is 0. The van der Waals surface area contributed by atoms with Gasteiger partial charge in [0.05, 0.1) is 25.5 Å². The third-order valence-electron chi connectivity index (χ3n) is 5.91. The van der Waals surface area contributed by atoms with Crippen molar-refractivity contribution in [2.75, 3.05) is 21.3 Å². The van der Waals surface area contributed by atoms with Gasteiger partial charge in [-0.15, -0.1) is 0 Å². The maximum atomic E-state index is 13.5. The molecule has 4 aromatic rings. The van der Waals surface area contributed by atoms with Gasteiger partial charge in [-0.05, 0) is 30.7 Å². The smallest absolute Gasteiger partial charge is 0.348 e. The largest absolute Gasteiger partial charge is 0.507 e. The fourth-order valence-corrected chi connectivity index (χ4v) is 5.26. The first-order valence-electron chi connectivity index (χ1n) is 11.1. The normalized spacial score (nSPS) is 11.6. The third kappa shape index (κ3) is 4.63. The fourth-order valence-electron chi connectivity index (χ4n) is 4.03. The molecule has 37 heavy (non-hydrogen) atoms. The van der Waals surface area contributed by atoms with Gasteiger partial charge in [-0.25, -0.2) is 22.9 Å². The van der Waals surface area contributed by atoms with E-state index in [-0.39, 0.29) is 17.9 Å². The number of phenolic OH excluding ortho intramolecular Hbond substituents is 2. The van der Waals surface area contributed by atoms with Gasteiger partial charge in [0.15, 0.2) is 17.3 Å². The highest BCUT2D eigenvalue weighted by Gasteiger charge is 2.29. The molecule has 0 unspecified atom stereocenters. The zero-order valence-corrected chi connectivity index (χ0v) is 21.4. The molecule has 0 saturated heterocycles. The van der Waals surface area contributed by atoms with Crippen molar-refractivity contribution in [3.05, 3.63) is 76.2 Å². The van der Waals surface area contributed by atoms with Crippen molar-refractivity contribution in [1.82, 2.24) is 19.1 Å². The van der Waals surface area contributed by atoms with E-state index in [4.69, 9.17) is 9.47 Å². The summed E-state index contributed by atoms with van der Waals surface area (Å²) in [5, 5.41) is 27.5. The Balaban J connectivity index is 1.80. The van der Waals surface area contributed by atoms with Crippen molar-refractivity contribution in [3.63, 3.8) is 0 Å². The van der Waals surface area contributed by atoms with Crippen molar-refractivity contribution < 1.29 is 28.1 Å². The molecule has 0 atom stereocenters. The lowest BCUT2D eigenvalue weighted by Gasteiger charge is -2.21. The van der Waals surface area contributed by atoms with Crippen molar-refractivity contribution in [1.29, 1.82) is 0 Å². The Morgan fingerprint density at radius 3 is 2.43 bits per heavy atom. The zero-order valence-electron chi connectivity index (χ0n) is 20.6. The van der Waals surface area contributed by atoms with E-state index >= 15 is 0 Å². The first-order chi connectivity index (χ1) is 17.6. The van der Waals surface area contributed by atoms with Gasteiger partial charge in [-0.2, -0.15) is 9.40 Å². The molecule has 12 heteroatoms. The molecule has 4 rings (SSSR count). The van der Waals surface area contributed by atoms with Crippen LogP contribution in [0, 0.1) is 6.92 Å². The number of hydrogen-bond acceptors (Lipinski definition) is 8. The second-order valence-electron chi connectivity index (χ2n) is 8.23. The summed E-state index contributed by atoms with van der Waals surface area (Å²) in [5.74, 6) is -0.325. The maximum Gasteiger partial charge on any atom is 0.348 e. The van der Waals surface area contributed by atoms with Crippen LogP contribution in [0.25, 0.3) is 17.1 Å². The molecule has 0 saturated carbocycles. The molecule has 0 bridgehead atoms. The van der Waals surface area contributed by atoms with Crippen molar-refractivity contribution in [2.45, 2.75) is 18.4 Å². The number of aromatic hydroxyl groups is 2. The average Bonchev–Trinajstić information content (AvgIpc) is 3.24. The molecular weight excluding hydrogens is 500 g/mol. The van der Waals surface area contributed by atoms with Gasteiger partial charge in [0, 0.05) is 25.2 Å². The van der Waals surface area contributed by atoms with Crippen LogP contribution < -0.4 is 15.2 Å². The number of aromatic amines is 1. The van der Waals surface area contributed by atoms with E-state index < -0.39 is 32.1 Å². The highest BCUT2D eigenvalue weighted by atomic mass is 32.2. The van der Waals surface area contributed by atoms with Gasteiger partial charge in [0.1, 0.15) is 16.4 Å². The molecule has 3 N–H and O–H groups in total. The maximum absolute atomic E-state index is 13.5. The predicted octanol–water partition coefficient (Wildman–Crippen LogP) is 2.79. The molecular formula is C25H26N4O7S. The summed E-state index contributed by atoms with van der Waals surface area (Å²) in [6.45, 7) is 1.70. The number of H-pyrrole nitrogens is 1. The number of nitrogens with one attached hydrogen (secondary N) is 1. The SMILES string of the molecule is COc1cccc(CN(C)S(=O)(=O)c2cc(-c3n[nH]c(=O)n3-c3ccccc3C)c(O)cc2O)c1OC. The number of hydrogen-bond donors (Lipinski definition) is 3. The van der Waals surface area contributed by atoms with Crippen molar-refractivity contribution in [3.8, 4) is 40.1 Å². The van der Waals surface area contributed by atoms with E-state index in [1.54, 1.807) is 49.4 Å². The molecule has 3 aromatic carbocycles. The number of rotatable bonds is 8. The summed E-state index contributed by atoms with van der Waals surface area (Å²) in [7, 11) is -0.0167. The van der Waals surface area contributed by atoms with E-state index in [1.807, 2.05) is 0 Å². The lowest BCUT2D eigenvalue weighted by atomic mass is 10.1. The van der Waals surface area contributed by atoms with Gasteiger partial charge < -0.3 is 19.7 Å². The summed E-state index contributed by atoms with van der Waals surface area (Å²) < 4.78 is 40.0. The van der Waals surface area contributed by atoms with E-state index in [2.05, 4.69) is 10.2 Å². The van der Waals surface area contributed by atoms with Crippen molar-refractivity contribution >= 4 is 10.0 Å². The lowest BCUT2D eigenvalue weighted by Crippen LogP contribution is -2.27. The quantitative estimate of drug-likeness (QED) is 0.318. The van der Waals surface area contributed by atoms with Crippen molar-refractivity contribution in [2.24, 2.45) is 0 Å². The van der Waals surface area contributed by atoms with E-state index in [0.717, 1.165) is 22.0 Å². The van der Waals surface area contributed by atoms with E-state index in [1.165, 1.54) is 25.8 Å². The average molecular weight is 527 g/mol. The number of ether oxygens (including phenoxy) is 2. The van der Waals surface area contributed by atoms with Crippen LogP contribution in [0.1, 0.15) is 11.1 Å². The van der Waals surface area contributed by atoms with Gasteiger partial charge in [-0.3, -0.25) is 0 Å². The Morgan fingerprint density at radius 1 is 1.03 bits per heavy atom. The first-order valence-corrected chi connectivity index (χ1v) is 12.5. The minimum absolute atomic E-state index is 0.0228. The Morgan fingerprint density at radius 2 is 1.76 bits per heavy atom. The molecule has 0 amide bonds. The number of sulfonamides is 1. The molecule has 0 spiro atoms. The molecule has 0 aliphatic rings. The topological polar surface area (TPSA) is 147 Å². The standard InChI is InChI=1S/C25H26N4O7S/c1-15-8-5-6-10-18(15)29-24(26-27-25(29)32)17-12-22(20(31)13-19(17)30)37(33,34)28(2)14-16-9-7-11-21(35-3)23(16)36-4/h5-13,30-31H,14H2,1-4H3,(H,27,32). The molecule has 0 radical (unpaired) electrons. The molecule has 1 aromatic heterocycles. The van der Waals surface area contributed by atoms with Crippen LogP contribution >= 0.6 is 0 Å². The molecule has 0 aliphatic carbocycles. The number of nitrogens with zero attached hydrogens (tertiary/aromatic N) is 3. The summed E-state index contributed by atoms with van der Waals surface area (Å²) in [5.41, 5.74) is 1.14. The third-order valence-corrected chi connectivity index (χ3v) is 7.75. The number of methoxy groups -OCH3 is 2. The minimum atomic E-state index is -4.29. The van der Waals surface area contributed by atoms with Gasteiger partial charge in [-0.1, -0.05) is 30.3 Å². The molecule has 194 valence electrons. The van der Waals surface area contributed by atoms with Gasteiger partial charge >= 0.3 is 5.69 Å². The van der Waals surface area contributed by atoms with Crippen LogP contribution in [0.2, 0.25) is 0 Å². The highest BCUT2D eigenvalue weighted by Crippen LogP contribution is 2.38. The number of para-hydroxylation sites is 2. The van der Waals surface area contributed by atoms with Gasteiger partial charge in [0.25, 0.3) is 0 Å². The Bertz CT molecular complexity index is 1630. The number of aryl methyl sites for hydroxylation is 1. The van der Waals surface area contributed by atoms with E-state index in [0.29, 0.717) is 22.7 Å². The number of aromatic nitrogens is 3. The lowest BCUT2D eigenvalue weighted by molar-refractivity contribution is 0.347. The molecule has 1 heterocycles. The Kier molecular flexibility index (Phi) is 6.96. The predicted molar refractivity (Wildman–Crippen MR) is 136 cm³/mol. The second kappa shape index (κ2) is 9.99. The Hall–Kier alpha value is -4.29. The first kappa shape index (κ1) is 25.8. The van der Waals surface area contributed by atoms with Crippen LogP contribution in [0.5, 0.6) is 23.0 Å². The second-order valence-corrected chi connectivity index (χ2v) is 10.2. The van der Waals surface area contributed by atoms with E-state index in [9.17, 15) is 23.4 Å². The highest BCUT2D eigenvalue weighted by molar-refractivity contribution is 7.89. The molecule has 0 aliphatic heterocycles. The number of phenols is 2. The summed E-state index contributed by atoms with van der Waals surface area (Å²) in [6.07, 6.45) is 0. The Labute approximate surface area is 213 Å². The summed E-state index contributed by atoms with van der Waals surface area (Å²) in [4.78, 5) is 12.1. The minimum Gasteiger partial charge on any atom is -0.507 e. The van der Waals surface area contributed by atoms with Crippen LogP contribution in [0.3, 0.4) is 0 Å². The summed E-state index contributed by atoms with van der Waals surface area (Å²) in [6, 6.07) is 14.1. The van der Waals surface area contributed by atoms with Crippen LogP contribution in [-0.2, 0) is 16.6 Å². The van der Waals surface area contributed by atoms with Gasteiger partial charge in [0.2, 0.25) is 10.0 Å². The molecule has 0 fully saturated rings. The monoisotopic (exact) mass is 526 g/mol. The number of benzene rings is 3.